The van der Waals surface area contributed by atoms with Gasteiger partial charge in [0.15, 0.2) is 11.5 Å². The van der Waals surface area contributed by atoms with Gasteiger partial charge in [0, 0.05) is 12.0 Å². The van der Waals surface area contributed by atoms with E-state index >= 15 is 0 Å². The van der Waals surface area contributed by atoms with Crippen LogP contribution >= 0.6 is 0 Å². The number of rotatable bonds is 4. The van der Waals surface area contributed by atoms with Gasteiger partial charge in [0.05, 0.1) is 23.0 Å². The molecule has 2 aromatic rings. The summed E-state index contributed by atoms with van der Waals surface area (Å²) in [4.78, 5) is 24.7. The minimum Gasteiger partial charge on any atom is -0.393 e. The Morgan fingerprint density at radius 2 is 1.88 bits per heavy atom. The van der Waals surface area contributed by atoms with Crippen LogP contribution in [-0.4, -0.2) is 32.7 Å². The number of ketones is 1. The van der Waals surface area contributed by atoms with Crippen molar-refractivity contribution >= 4 is 11.7 Å². The highest BCUT2D eigenvalue weighted by atomic mass is 19.4. The molecule has 0 aliphatic heterocycles. The number of halogens is 3. The van der Waals surface area contributed by atoms with Crippen LogP contribution < -0.4 is 5.73 Å². The molecule has 0 bridgehead atoms. The first-order valence-electron chi connectivity index (χ1n) is 11.2. The molecule has 1 saturated carbocycles. The van der Waals surface area contributed by atoms with E-state index in [1.807, 2.05) is 13.8 Å². The largest absolute Gasteiger partial charge is 0.435 e. The molecule has 9 heteroatoms. The number of carbonyl (C=O) groups is 2. The number of alkyl halides is 3. The molecule has 1 fully saturated rings. The second kappa shape index (κ2) is 8.27. The van der Waals surface area contributed by atoms with E-state index in [9.17, 15) is 27.9 Å². The van der Waals surface area contributed by atoms with E-state index in [0.29, 0.717) is 36.1 Å². The van der Waals surface area contributed by atoms with E-state index < -0.39 is 29.0 Å². The number of Topliss-reactive ketones (excluding diaryl/α,β-unsaturated/α-hetero) is 1. The average molecular weight is 464 g/mol. The molecular formula is C24H28F3N3O3. The van der Waals surface area contributed by atoms with Crippen LogP contribution in [0.25, 0.3) is 5.69 Å². The van der Waals surface area contributed by atoms with Crippen LogP contribution in [0.2, 0.25) is 0 Å². The summed E-state index contributed by atoms with van der Waals surface area (Å²) in [6, 6.07) is 4.69. The molecule has 0 unspecified atom stereocenters. The molecule has 3 N–H and O–H groups in total. The van der Waals surface area contributed by atoms with Crippen molar-refractivity contribution in [2.24, 2.45) is 17.1 Å². The third-order valence-corrected chi connectivity index (χ3v) is 6.74. The molecule has 0 atom stereocenters. The fraction of sp³-hybridized carbons (Fsp3) is 0.542. The molecular weight excluding hydrogens is 435 g/mol. The number of nitrogens with two attached hydrogens (primary N) is 1. The van der Waals surface area contributed by atoms with Gasteiger partial charge in [-0.3, -0.25) is 9.59 Å². The first kappa shape index (κ1) is 23.5. The van der Waals surface area contributed by atoms with Gasteiger partial charge in [0.25, 0.3) is 0 Å². The van der Waals surface area contributed by atoms with Crippen molar-refractivity contribution in [2.45, 2.75) is 71.1 Å². The molecule has 2 aliphatic carbocycles. The Morgan fingerprint density at radius 3 is 2.48 bits per heavy atom. The minimum atomic E-state index is -4.76. The Labute approximate surface area is 190 Å². The number of fused-ring (bicyclic) bond motifs is 1. The van der Waals surface area contributed by atoms with Crippen LogP contribution in [0.1, 0.15) is 83.6 Å². The van der Waals surface area contributed by atoms with Gasteiger partial charge in [-0.15, -0.1) is 0 Å². The molecule has 33 heavy (non-hydrogen) atoms. The number of nitrogens with zero attached hydrogens (tertiary/aromatic N) is 2. The summed E-state index contributed by atoms with van der Waals surface area (Å²) in [6.45, 7) is 3.69. The summed E-state index contributed by atoms with van der Waals surface area (Å²) in [6.07, 6.45) is -1.32. The number of primary amides is 1. The lowest BCUT2D eigenvalue weighted by atomic mass is 9.75. The summed E-state index contributed by atoms with van der Waals surface area (Å²) in [7, 11) is 0. The second-order valence-electron chi connectivity index (χ2n) is 10.1. The molecule has 178 valence electrons. The highest BCUT2D eigenvalue weighted by Gasteiger charge is 2.45. The molecule has 6 nitrogen and oxygen atoms in total. The van der Waals surface area contributed by atoms with Crippen molar-refractivity contribution in [3.63, 3.8) is 0 Å². The molecule has 1 aromatic heterocycles. The minimum absolute atomic E-state index is 0.0220. The van der Waals surface area contributed by atoms with E-state index in [-0.39, 0.29) is 36.1 Å². The number of benzene rings is 1. The van der Waals surface area contributed by atoms with E-state index in [0.717, 1.165) is 12.8 Å². The van der Waals surface area contributed by atoms with Gasteiger partial charge in [-0.05, 0) is 73.6 Å². The van der Waals surface area contributed by atoms with Gasteiger partial charge in [0.2, 0.25) is 5.91 Å². The van der Waals surface area contributed by atoms with Crippen molar-refractivity contribution in [1.82, 2.24) is 9.78 Å². The number of aliphatic hydroxyl groups is 1. The topological polar surface area (TPSA) is 98.2 Å². The summed E-state index contributed by atoms with van der Waals surface area (Å²) in [5, 5.41) is 13.6. The van der Waals surface area contributed by atoms with Crippen molar-refractivity contribution in [3.8, 4) is 5.69 Å². The van der Waals surface area contributed by atoms with Crippen LogP contribution in [0.3, 0.4) is 0 Å². The number of hydrogen-bond donors (Lipinski definition) is 2. The van der Waals surface area contributed by atoms with E-state index in [4.69, 9.17) is 5.73 Å². The molecule has 1 amide bonds. The van der Waals surface area contributed by atoms with Crippen LogP contribution in [0.15, 0.2) is 18.2 Å². The van der Waals surface area contributed by atoms with Crippen LogP contribution in [-0.2, 0) is 19.0 Å². The second-order valence-corrected chi connectivity index (χ2v) is 10.1. The van der Waals surface area contributed by atoms with Crippen LogP contribution in [0.4, 0.5) is 13.2 Å². The lowest BCUT2D eigenvalue weighted by Crippen LogP contribution is -2.29. The fourth-order valence-electron chi connectivity index (χ4n) is 5.14. The highest BCUT2D eigenvalue weighted by molar-refractivity contribution is 6.00. The van der Waals surface area contributed by atoms with Crippen molar-refractivity contribution in [1.29, 1.82) is 0 Å². The SMILES string of the molecule is CC1(C)CC(=O)c2c(C(F)(F)F)nn(-c3ccc(C(N)=O)c(CC4CCC(O)CC4)c3)c2C1. The smallest absolute Gasteiger partial charge is 0.393 e. The zero-order valence-corrected chi connectivity index (χ0v) is 18.7. The molecule has 0 radical (unpaired) electrons. The van der Waals surface area contributed by atoms with Crippen molar-refractivity contribution < 1.29 is 27.9 Å². The van der Waals surface area contributed by atoms with Gasteiger partial charge in [-0.2, -0.15) is 18.3 Å². The van der Waals surface area contributed by atoms with Gasteiger partial charge in [-0.25, -0.2) is 4.68 Å². The average Bonchev–Trinajstić information content (AvgIpc) is 3.08. The quantitative estimate of drug-likeness (QED) is 0.709. The Hall–Kier alpha value is -2.68. The summed E-state index contributed by atoms with van der Waals surface area (Å²) in [5.41, 5.74) is 5.10. The molecule has 0 saturated heterocycles. The van der Waals surface area contributed by atoms with Crippen LogP contribution in [0.5, 0.6) is 0 Å². The molecule has 4 rings (SSSR count). The highest BCUT2D eigenvalue weighted by Crippen LogP contribution is 2.42. The normalized spacial score (nSPS) is 22.8. The zero-order chi connectivity index (χ0) is 24.1. The third kappa shape index (κ3) is 4.69. The molecule has 1 aromatic carbocycles. The number of carbonyl (C=O) groups excluding carboxylic acids is 2. The Bertz CT molecular complexity index is 1100. The van der Waals surface area contributed by atoms with Crippen LogP contribution in [0, 0.1) is 11.3 Å². The Balaban J connectivity index is 1.81. The molecule has 2 aliphatic rings. The lowest BCUT2D eigenvalue weighted by molar-refractivity contribution is -0.141. The van der Waals surface area contributed by atoms with E-state index in [1.165, 1.54) is 16.8 Å². The van der Waals surface area contributed by atoms with Gasteiger partial charge >= 0.3 is 6.18 Å². The van der Waals surface area contributed by atoms with E-state index in [1.54, 1.807) is 6.07 Å². The maximum atomic E-state index is 13.8. The summed E-state index contributed by atoms with van der Waals surface area (Å²) < 4.78 is 42.5. The monoisotopic (exact) mass is 463 g/mol. The molecule has 1 heterocycles. The maximum Gasteiger partial charge on any atom is 0.435 e. The zero-order valence-electron chi connectivity index (χ0n) is 18.7. The standard InChI is InChI=1S/C24H28F3N3O3/c1-23(2)11-18-20(19(32)12-23)21(24(25,26)27)29-30(18)15-5-8-17(22(28)33)14(10-15)9-13-3-6-16(31)7-4-13/h5,8,10,13,16,31H,3-4,6-7,9,11-12H2,1-2H3,(H2,28,33). The van der Waals surface area contributed by atoms with Crippen molar-refractivity contribution in [3.05, 3.63) is 46.3 Å². The summed E-state index contributed by atoms with van der Waals surface area (Å²) in [5.74, 6) is -0.934. The number of aliphatic hydroxyl groups excluding tert-OH is 1. The Kier molecular flexibility index (Phi) is 5.88. The van der Waals surface area contributed by atoms with Gasteiger partial charge < -0.3 is 10.8 Å². The number of amides is 1. The third-order valence-electron chi connectivity index (χ3n) is 6.74. The Morgan fingerprint density at radius 1 is 1.21 bits per heavy atom. The lowest BCUT2D eigenvalue weighted by Gasteiger charge is -2.29. The van der Waals surface area contributed by atoms with E-state index in [2.05, 4.69) is 5.10 Å². The number of aromatic nitrogens is 2. The molecule has 0 spiro atoms. The maximum absolute atomic E-state index is 13.8. The number of hydrogen-bond acceptors (Lipinski definition) is 4. The summed E-state index contributed by atoms with van der Waals surface area (Å²) >= 11 is 0. The predicted molar refractivity (Wildman–Crippen MR) is 115 cm³/mol. The first-order chi connectivity index (χ1) is 15.4. The predicted octanol–water partition coefficient (Wildman–Crippen LogP) is 4.24. The fourth-order valence-corrected chi connectivity index (χ4v) is 5.14. The van der Waals surface area contributed by atoms with Crippen molar-refractivity contribution in [2.75, 3.05) is 0 Å². The first-order valence-corrected chi connectivity index (χ1v) is 11.2. The van der Waals surface area contributed by atoms with Gasteiger partial charge in [0.1, 0.15) is 0 Å². The van der Waals surface area contributed by atoms with Gasteiger partial charge in [-0.1, -0.05) is 13.8 Å².